The fraction of sp³-hybridized carbons (Fsp3) is 0.750. The number of ether oxygens (including phenoxy) is 1. The van der Waals surface area contributed by atoms with Crippen molar-refractivity contribution >= 4 is 18.0 Å². The van der Waals surface area contributed by atoms with Crippen molar-refractivity contribution in [3.8, 4) is 0 Å². The summed E-state index contributed by atoms with van der Waals surface area (Å²) in [6.07, 6.45) is 0.141. The van der Waals surface area contributed by atoms with E-state index in [2.05, 4.69) is 5.32 Å². The zero-order chi connectivity index (χ0) is 15.5. The number of carboxylic acid groups (broad SMARTS) is 2. The molecule has 20 heavy (non-hydrogen) atoms. The Hall–Kier alpha value is -1.83. The Balaban J connectivity index is 4.18. The number of nitrogens with zero attached hydrogens (tertiary/aromatic N) is 1. The Morgan fingerprint density at radius 3 is 2.45 bits per heavy atom. The van der Waals surface area contributed by atoms with Gasteiger partial charge in [-0.15, -0.1) is 0 Å². The average molecular weight is 290 g/mol. The van der Waals surface area contributed by atoms with Gasteiger partial charge in [-0.1, -0.05) is 0 Å². The summed E-state index contributed by atoms with van der Waals surface area (Å²) in [6.45, 7) is 3.10. The van der Waals surface area contributed by atoms with Gasteiger partial charge in [0.2, 0.25) is 0 Å². The minimum absolute atomic E-state index is 0.0761. The van der Waals surface area contributed by atoms with Crippen LogP contribution in [0.25, 0.3) is 0 Å². The van der Waals surface area contributed by atoms with Gasteiger partial charge in [0.1, 0.15) is 6.04 Å². The van der Waals surface area contributed by atoms with Gasteiger partial charge in [-0.3, -0.25) is 4.79 Å². The topological polar surface area (TPSA) is 116 Å². The van der Waals surface area contributed by atoms with Crippen LogP contribution in [0, 0.1) is 0 Å². The van der Waals surface area contributed by atoms with Crippen molar-refractivity contribution in [2.45, 2.75) is 32.2 Å². The first-order valence-corrected chi connectivity index (χ1v) is 6.42. The van der Waals surface area contributed by atoms with Crippen molar-refractivity contribution in [3.63, 3.8) is 0 Å². The Labute approximate surface area is 117 Å². The first kappa shape index (κ1) is 18.2. The highest BCUT2D eigenvalue weighted by atomic mass is 16.5. The molecule has 0 aliphatic rings. The molecule has 0 aliphatic heterocycles. The predicted molar refractivity (Wildman–Crippen MR) is 70.6 cm³/mol. The maximum absolute atomic E-state index is 11.7. The number of likely N-dealkylation sites (N-methyl/N-ethyl adjacent to an activating group) is 1. The summed E-state index contributed by atoms with van der Waals surface area (Å²) in [5.74, 6) is -2.17. The molecule has 0 saturated heterocycles. The first-order valence-electron chi connectivity index (χ1n) is 6.42. The fourth-order valence-corrected chi connectivity index (χ4v) is 1.42. The van der Waals surface area contributed by atoms with Crippen LogP contribution in [-0.4, -0.2) is 65.9 Å². The van der Waals surface area contributed by atoms with Gasteiger partial charge in [0, 0.05) is 26.6 Å². The Morgan fingerprint density at radius 1 is 1.30 bits per heavy atom. The van der Waals surface area contributed by atoms with Crippen LogP contribution in [0.2, 0.25) is 0 Å². The number of aliphatic carboxylic acids is 2. The SMILES string of the molecule is CCOCCN(C)C(=O)N[C@H](CCCC(=O)O)C(=O)O. The van der Waals surface area contributed by atoms with Crippen molar-refractivity contribution in [1.29, 1.82) is 0 Å². The van der Waals surface area contributed by atoms with Crippen LogP contribution in [0.3, 0.4) is 0 Å². The molecule has 0 heterocycles. The van der Waals surface area contributed by atoms with Crippen molar-refractivity contribution in [3.05, 3.63) is 0 Å². The van der Waals surface area contributed by atoms with E-state index in [-0.39, 0.29) is 19.3 Å². The van der Waals surface area contributed by atoms with Crippen LogP contribution in [-0.2, 0) is 14.3 Å². The molecule has 1 atom stereocenters. The zero-order valence-electron chi connectivity index (χ0n) is 11.8. The van der Waals surface area contributed by atoms with Crippen LogP contribution in [0.15, 0.2) is 0 Å². The number of rotatable bonds is 10. The quantitative estimate of drug-likeness (QED) is 0.501. The molecule has 0 radical (unpaired) electrons. The molecule has 8 heteroatoms. The van der Waals surface area contributed by atoms with Crippen molar-refractivity contribution in [1.82, 2.24) is 10.2 Å². The predicted octanol–water partition coefficient (Wildman–Crippen LogP) is 0.372. The molecule has 0 unspecified atom stereocenters. The van der Waals surface area contributed by atoms with Gasteiger partial charge in [-0.05, 0) is 19.8 Å². The van der Waals surface area contributed by atoms with Gasteiger partial charge in [-0.25, -0.2) is 9.59 Å². The van der Waals surface area contributed by atoms with Crippen LogP contribution in [0.1, 0.15) is 26.2 Å². The van der Waals surface area contributed by atoms with E-state index in [0.717, 1.165) is 0 Å². The van der Waals surface area contributed by atoms with E-state index >= 15 is 0 Å². The highest BCUT2D eigenvalue weighted by Crippen LogP contribution is 2.02. The molecular formula is C12H22N2O6. The van der Waals surface area contributed by atoms with E-state index in [1.165, 1.54) is 11.9 Å². The highest BCUT2D eigenvalue weighted by molar-refractivity contribution is 5.82. The summed E-state index contributed by atoms with van der Waals surface area (Å²) in [6, 6.07) is -1.61. The molecule has 0 aromatic heterocycles. The lowest BCUT2D eigenvalue weighted by Gasteiger charge is -2.21. The number of hydrogen-bond acceptors (Lipinski definition) is 4. The van der Waals surface area contributed by atoms with Gasteiger partial charge in [-0.2, -0.15) is 0 Å². The zero-order valence-corrected chi connectivity index (χ0v) is 11.8. The van der Waals surface area contributed by atoms with E-state index in [9.17, 15) is 14.4 Å². The van der Waals surface area contributed by atoms with E-state index in [0.29, 0.717) is 19.8 Å². The lowest BCUT2D eigenvalue weighted by molar-refractivity contribution is -0.140. The largest absolute Gasteiger partial charge is 0.481 e. The van der Waals surface area contributed by atoms with E-state index in [1.54, 1.807) is 0 Å². The van der Waals surface area contributed by atoms with Crippen molar-refractivity contribution in [2.24, 2.45) is 0 Å². The van der Waals surface area contributed by atoms with E-state index in [4.69, 9.17) is 14.9 Å². The van der Waals surface area contributed by atoms with Gasteiger partial charge in [0.05, 0.1) is 6.61 Å². The monoisotopic (exact) mass is 290 g/mol. The lowest BCUT2D eigenvalue weighted by Crippen LogP contribution is -2.47. The number of carbonyl (C=O) groups excluding carboxylic acids is 1. The molecule has 0 aromatic rings. The number of carbonyl (C=O) groups is 3. The van der Waals surface area contributed by atoms with Crippen LogP contribution in [0.5, 0.6) is 0 Å². The third kappa shape index (κ3) is 8.30. The Bertz CT molecular complexity index is 334. The minimum atomic E-state index is -1.18. The standard InChI is InChI=1S/C12H22N2O6/c1-3-20-8-7-14(2)12(19)13-9(11(17)18)5-4-6-10(15)16/h9H,3-8H2,1-2H3,(H,13,19)(H,15,16)(H,17,18)/t9-/m1/s1. The fourth-order valence-electron chi connectivity index (χ4n) is 1.42. The summed E-state index contributed by atoms with van der Waals surface area (Å²) in [7, 11) is 1.53. The Morgan fingerprint density at radius 2 is 1.95 bits per heavy atom. The van der Waals surface area contributed by atoms with Crippen molar-refractivity contribution in [2.75, 3.05) is 26.8 Å². The van der Waals surface area contributed by atoms with Gasteiger partial charge >= 0.3 is 18.0 Å². The molecule has 0 saturated carbocycles. The van der Waals surface area contributed by atoms with Crippen molar-refractivity contribution < 1.29 is 29.3 Å². The minimum Gasteiger partial charge on any atom is -0.481 e. The van der Waals surface area contributed by atoms with E-state index < -0.39 is 24.0 Å². The number of urea groups is 1. The smallest absolute Gasteiger partial charge is 0.326 e. The molecule has 0 fully saturated rings. The molecule has 8 nitrogen and oxygen atoms in total. The van der Waals surface area contributed by atoms with Gasteiger partial charge < -0.3 is 25.2 Å². The number of hydrogen-bond donors (Lipinski definition) is 3. The van der Waals surface area contributed by atoms with Gasteiger partial charge in [0.15, 0.2) is 0 Å². The summed E-state index contributed by atoms with van der Waals surface area (Å²) in [4.78, 5) is 34.4. The first-order chi connectivity index (χ1) is 9.38. The Kier molecular flexibility index (Phi) is 9.10. The molecule has 0 aromatic carbocycles. The van der Waals surface area contributed by atoms with Crippen LogP contribution in [0.4, 0.5) is 4.79 Å². The van der Waals surface area contributed by atoms with Crippen LogP contribution < -0.4 is 5.32 Å². The maximum Gasteiger partial charge on any atom is 0.326 e. The van der Waals surface area contributed by atoms with Gasteiger partial charge in [0.25, 0.3) is 0 Å². The second-order valence-electron chi connectivity index (χ2n) is 4.24. The molecule has 0 bridgehead atoms. The molecule has 0 spiro atoms. The summed E-state index contributed by atoms with van der Waals surface area (Å²) >= 11 is 0. The summed E-state index contributed by atoms with van der Waals surface area (Å²) in [5, 5.41) is 19.8. The maximum atomic E-state index is 11.7. The molecule has 116 valence electrons. The van der Waals surface area contributed by atoms with E-state index in [1.807, 2.05) is 6.92 Å². The summed E-state index contributed by atoms with van der Waals surface area (Å²) < 4.78 is 5.09. The third-order valence-corrected chi connectivity index (χ3v) is 2.60. The molecule has 0 aliphatic carbocycles. The normalized spacial score (nSPS) is 11.7. The molecular weight excluding hydrogens is 268 g/mol. The molecule has 3 N–H and O–H groups in total. The number of amides is 2. The number of nitrogens with one attached hydrogen (secondary N) is 1. The lowest BCUT2D eigenvalue weighted by atomic mass is 10.1. The second kappa shape index (κ2) is 10.0. The van der Waals surface area contributed by atoms with Crippen LogP contribution >= 0.6 is 0 Å². The summed E-state index contributed by atoms with van der Waals surface area (Å²) in [5.41, 5.74) is 0. The highest BCUT2D eigenvalue weighted by Gasteiger charge is 2.21. The average Bonchev–Trinajstić information content (AvgIpc) is 2.36. The number of carboxylic acids is 2. The molecule has 0 rings (SSSR count). The molecule has 2 amide bonds. The third-order valence-electron chi connectivity index (χ3n) is 2.60. The second-order valence-corrected chi connectivity index (χ2v) is 4.24.